The summed E-state index contributed by atoms with van der Waals surface area (Å²) in [5, 5.41) is 11.7. The highest BCUT2D eigenvalue weighted by Crippen LogP contribution is 2.46. The Bertz CT molecular complexity index is 595. The van der Waals surface area contributed by atoms with Crippen molar-refractivity contribution in [1.29, 1.82) is 0 Å². The molecule has 5 nitrogen and oxygen atoms in total. The molecule has 1 aliphatic rings. The predicted octanol–water partition coefficient (Wildman–Crippen LogP) is 2.08. The van der Waals surface area contributed by atoms with Crippen molar-refractivity contribution in [3.05, 3.63) is 29.3 Å². The van der Waals surface area contributed by atoms with E-state index in [1.165, 1.54) is 0 Å². The number of aliphatic carboxylic acids is 1. The Kier molecular flexibility index (Phi) is 3.56. The van der Waals surface area contributed by atoms with Gasteiger partial charge in [0.25, 0.3) is 5.91 Å². The van der Waals surface area contributed by atoms with E-state index in [4.69, 9.17) is 10.8 Å². The molecule has 2 rings (SSSR count). The molecule has 8 heteroatoms. The fraction of sp³-hybridized carbons (Fsp3) is 0.385. The first-order valence-electron chi connectivity index (χ1n) is 6.14. The number of carbonyl (C=O) groups excluding carboxylic acids is 1. The second-order valence-corrected chi connectivity index (χ2v) is 5.06. The molecule has 114 valence electrons. The van der Waals surface area contributed by atoms with Crippen LogP contribution in [0.4, 0.5) is 18.9 Å². The summed E-state index contributed by atoms with van der Waals surface area (Å²) >= 11 is 0. The van der Waals surface area contributed by atoms with Crippen LogP contribution in [0.1, 0.15) is 28.8 Å². The largest absolute Gasteiger partial charge is 0.481 e. The molecule has 0 aliphatic heterocycles. The highest BCUT2D eigenvalue weighted by Gasteiger charge is 2.50. The molecule has 1 aromatic carbocycles. The molecular weight excluding hydrogens is 289 g/mol. The zero-order chi connectivity index (χ0) is 15.8. The Morgan fingerprint density at radius 3 is 2.38 bits per heavy atom. The number of nitrogens with two attached hydrogens (primary N) is 1. The van der Waals surface area contributed by atoms with E-state index in [-0.39, 0.29) is 17.8 Å². The molecule has 0 heterocycles. The third kappa shape index (κ3) is 3.09. The molecule has 0 unspecified atom stereocenters. The molecule has 1 saturated carbocycles. The molecule has 0 radical (unpaired) electrons. The number of benzene rings is 1. The number of carboxylic acid groups (broad SMARTS) is 1. The van der Waals surface area contributed by atoms with Gasteiger partial charge in [-0.2, -0.15) is 13.2 Å². The lowest BCUT2D eigenvalue weighted by molar-refractivity contribution is -0.142. The first-order chi connectivity index (χ1) is 9.66. The van der Waals surface area contributed by atoms with Gasteiger partial charge in [-0.3, -0.25) is 9.59 Å². The molecular formula is C13H13F3N2O3. The van der Waals surface area contributed by atoms with Gasteiger partial charge in [0.05, 0.1) is 16.5 Å². The van der Waals surface area contributed by atoms with E-state index in [2.05, 4.69) is 5.32 Å². The van der Waals surface area contributed by atoms with E-state index < -0.39 is 29.0 Å². The van der Waals surface area contributed by atoms with Crippen LogP contribution in [0.3, 0.4) is 0 Å². The average Bonchev–Trinajstić information content (AvgIpc) is 3.16. The number of carbonyl (C=O) groups is 2. The molecule has 0 saturated heterocycles. The Balaban J connectivity index is 2.23. The SMILES string of the molecule is NC(=O)c1cc(C(F)(F)F)ccc1NCC1(C(=O)O)CC1. The summed E-state index contributed by atoms with van der Waals surface area (Å²) in [6.45, 7) is 0.0357. The minimum Gasteiger partial charge on any atom is -0.481 e. The third-order valence-corrected chi connectivity index (χ3v) is 3.54. The number of halogens is 3. The Morgan fingerprint density at radius 1 is 1.33 bits per heavy atom. The van der Waals surface area contributed by atoms with Crippen LogP contribution in [0.5, 0.6) is 0 Å². The van der Waals surface area contributed by atoms with Gasteiger partial charge in [0.1, 0.15) is 0 Å². The van der Waals surface area contributed by atoms with Crippen molar-refractivity contribution in [2.45, 2.75) is 19.0 Å². The number of hydrogen-bond donors (Lipinski definition) is 3. The van der Waals surface area contributed by atoms with E-state index in [0.29, 0.717) is 18.9 Å². The first-order valence-corrected chi connectivity index (χ1v) is 6.14. The Morgan fingerprint density at radius 2 is 1.95 bits per heavy atom. The molecule has 0 atom stereocenters. The lowest BCUT2D eigenvalue weighted by Crippen LogP contribution is -2.25. The van der Waals surface area contributed by atoms with E-state index in [9.17, 15) is 22.8 Å². The maximum Gasteiger partial charge on any atom is 0.416 e. The molecule has 1 aromatic rings. The van der Waals surface area contributed by atoms with Crippen molar-refractivity contribution in [3.8, 4) is 0 Å². The highest BCUT2D eigenvalue weighted by atomic mass is 19.4. The lowest BCUT2D eigenvalue weighted by atomic mass is 10.1. The molecule has 0 bridgehead atoms. The standard InChI is InChI=1S/C13H13F3N2O3/c14-13(15,16)7-1-2-9(8(5-7)10(17)19)18-6-12(3-4-12)11(20)21/h1-2,5,18H,3-4,6H2,(H2,17,19)(H,20,21). The van der Waals surface area contributed by atoms with E-state index >= 15 is 0 Å². The van der Waals surface area contributed by atoms with Gasteiger partial charge in [0.15, 0.2) is 0 Å². The van der Waals surface area contributed by atoms with Gasteiger partial charge in [-0.15, -0.1) is 0 Å². The van der Waals surface area contributed by atoms with Gasteiger partial charge in [-0.1, -0.05) is 0 Å². The van der Waals surface area contributed by atoms with Gasteiger partial charge < -0.3 is 16.2 Å². The van der Waals surface area contributed by atoms with Crippen LogP contribution in [0.2, 0.25) is 0 Å². The quantitative estimate of drug-likeness (QED) is 0.776. The monoisotopic (exact) mass is 302 g/mol. The normalized spacial score (nSPS) is 16.3. The van der Waals surface area contributed by atoms with Gasteiger partial charge in [-0.05, 0) is 31.0 Å². The number of carboxylic acids is 1. The molecule has 0 spiro atoms. The zero-order valence-electron chi connectivity index (χ0n) is 10.8. The number of alkyl halides is 3. The topological polar surface area (TPSA) is 92.4 Å². The van der Waals surface area contributed by atoms with E-state index in [1.807, 2.05) is 0 Å². The summed E-state index contributed by atoms with van der Waals surface area (Å²) in [7, 11) is 0. The minimum absolute atomic E-state index is 0.0357. The van der Waals surface area contributed by atoms with Gasteiger partial charge in [0.2, 0.25) is 0 Å². The van der Waals surface area contributed by atoms with Crippen LogP contribution >= 0.6 is 0 Å². The Labute approximate surface area is 117 Å². The van der Waals surface area contributed by atoms with Crippen LogP contribution in [-0.2, 0) is 11.0 Å². The van der Waals surface area contributed by atoms with Crippen molar-refractivity contribution in [1.82, 2.24) is 0 Å². The minimum atomic E-state index is -4.58. The fourth-order valence-electron chi connectivity index (χ4n) is 1.96. The van der Waals surface area contributed by atoms with Crippen LogP contribution < -0.4 is 11.1 Å². The lowest BCUT2D eigenvalue weighted by Gasteiger charge is -2.16. The number of rotatable bonds is 5. The van der Waals surface area contributed by atoms with Gasteiger partial charge in [-0.25, -0.2) is 0 Å². The smallest absolute Gasteiger partial charge is 0.416 e. The zero-order valence-corrected chi connectivity index (χ0v) is 10.8. The van der Waals surface area contributed by atoms with Crippen LogP contribution in [0, 0.1) is 5.41 Å². The van der Waals surface area contributed by atoms with Crippen molar-refractivity contribution < 1.29 is 27.9 Å². The summed E-state index contributed by atoms with van der Waals surface area (Å²) in [4.78, 5) is 22.3. The molecule has 1 aliphatic carbocycles. The second-order valence-electron chi connectivity index (χ2n) is 5.06. The number of amides is 1. The number of hydrogen-bond acceptors (Lipinski definition) is 3. The fourth-order valence-corrected chi connectivity index (χ4v) is 1.96. The molecule has 4 N–H and O–H groups in total. The summed E-state index contributed by atoms with van der Waals surface area (Å²) in [6, 6.07) is 2.56. The number of nitrogens with one attached hydrogen (secondary N) is 1. The van der Waals surface area contributed by atoms with E-state index in [0.717, 1.165) is 12.1 Å². The molecule has 21 heavy (non-hydrogen) atoms. The van der Waals surface area contributed by atoms with Crippen molar-refractivity contribution in [3.63, 3.8) is 0 Å². The highest BCUT2D eigenvalue weighted by molar-refractivity contribution is 5.98. The summed E-state index contributed by atoms with van der Waals surface area (Å²) in [5.41, 5.74) is 2.97. The molecule has 0 aromatic heterocycles. The van der Waals surface area contributed by atoms with Gasteiger partial charge >= 0.3 is 12.1 Å². The average molecular weight is 302 g/mol. The number of primary amides is 1. The summed E-state index contributed by atoms with van der Waals surface area (Å²) in [5.74, 6) is -1.98. The first kappa shape index (κ1) is 15.1. The van der Waals surface area contributed by atoms with Crippen molar-refractivity contribution >= 4 is 17.6 Å². The third-order valence-electron chi connectivity index (χ3n) is 3.54. The van der Waals surface area contributed by atoms with E-state index in [1.54, 1.807) is 0 Å². The molecule has 1 amide bonds. The maximum atomic E-state index is 12.6. The summed E-state index contributed by atoms with van der Waals surface area (Å²) in [6.07, 6.45) is -3.61. The Hall–Kier alpha value is -2.25. The van der Waals surface area contributed by atoms with Crippen LogP contribution in [0.15, 0.2) is 18.2 Å². The number of anilines is 1. The second kappa shape index (κ2) is 4.94. The van der Waals surface area contributed by atoms with Crippen LogP contribution in [-0.4, -0.2) is 23.5 Å². The predicted molar refractivity (Wildman–Crippen MR) is 67.8 cm³/mol. The summed E-state index contributed by atoms with van der Waals surface area (Å²) < 4.78 is 37.8. The maximum absolute atomic E-state index is 12.6. The van der Waals surface area contributed by atoms with Crippen molar-refractivity contribution in [2.24, 2.45) is 11.1 Å². The van der Waals surface area contributed by atoms with Crippen LogP contribution in [0.25, 0.3) is 0 Å². The van der Waals surface area contributed by atoms with Crippen molar-refractivity contribution in [2.75, 3.05) is 11.9 Å². The molecule has 1 fully saturated rings. The van der Waals surface area contributed by atoms with Gasteiger partial charge in [0, 0.05) is 12.2 Å².